The van der Waals surface area contributed by atoms with Gasteiger partial charge in [0.25, 0.3) is 0 Å². The molecule has 1 atom stereocenters. The van der Waals surface area contributed by atoms with Crippen molar-refractivity contribution < 1.29 is 31.4 Å². The van der Waals surface area contributed by atoms with Gasteiger partial charge in [0.1, 0.15) is 4.88 Å². The van der Waals surface area contributed by atoms with E-state index in [1.807, 2.05) is 0 Å². The molecule has 0 radical (unpaired) electrons. The number of rotatable bonds is 1. The summed E-state index contributed by atoms with van der Waals surface area (Å²) in [5.74, 6) is 0. The highest BCUT2D eigenvalue weighted by Crippen LogP contribution is 2.40. The third kappa shape index (κ3) is 2.85. The Morgan fingerprint density at radius 2 is 1.60 bits per heavy atom. The zero-order valence-corrected chi connectivity index (χ0v) is 7.67. The number of thiophene rings is 1. The molecule has 8 heteroatoms. The molecule has 0 bridgehead atoms. The van der Waals surface area contributed by atoms with Gasteiger partial charge in [-0.05, 0) is 12.1 Å². The molecule has 1 aromatic heterocycles. The minimum atomic E-state index is -4.95. The van der Waals surface area contributed by atoms with Crippen molar-refractivity contribution >= 4 is 11.3 Å². The van der Waals surface area contributed by atoms with E-state index in [-0.39, 0.29) is 11.3 Å². The van der Waals surface area contributed by atoms with Crippen LogP contribution < -0.4 is 0 Å². The van der Waals surface area contributed by atoms with Crippen molar-refractivity contribution in [3.8, 4) is 0 Å². The Morgan fingerprint density at radius 3 is 1.93 bits per heavy atom. The van der Waals surface area contributed by atoms with Crippen LogP contribution in [0.5, 0.6) is 0 Å². The molecule has 1 aromatic rings. The van der Waals surface area contributed by atoms with E-state index >= 15 is 0 Å². The van der Waals surface area contributed by atoms with E-state index in [9.17, 15) is 26.3 Å². The summed E-state index contributed by atoms with van der Waals surface area (Å²) in [7, 11) is 0. The maximum absolute atomic E-state index is 12.0. The second-order valence-corrected chi connectivity index (χ2v) is 3.76. The molecule has 1 heterocycles. The molecule has 1 N–H and O–H groups in total. The number of halogens is 6. The molecule has 0 unspecified atom stereocenters. The first-order valence-corrected chi connectivity index (χ1v) is 4.35. The average molecular weight is 250 g/mol. The van der Waals surface area contributed by atoms with Gasteiger partial charge in [-0.25, -0.2) is 0 Å². The highest BCUT2D eigenvalue weighted by molar-refractivity contribution is 7.12. The SMILES string of the molecule is O[C@H](c1ccc(C(F)(F)F)s1)C(F)(F)F. The maximum atomic E-state index is 12.0. The van der Waals surface area contributed by atoms with Gasteiger partial charge in [0.15, 0.2) is 6.10 Å². The topological polar surface area (TPSA) is 20.2 Å². The number of alkyl halides is 6. The molecule has 0 aliphatic rings. The van der Waals surface area contributed by atoms with Crippen molar-refractivity contribution in [2.24, 2.45) is 0 Å². The lowest BCUT2D eigenvalue weighted by Gasteiger charge is -2.12. The fourth-order valence-corrected chi connectivity index (χ4v) is 1.70. The quantitative estimate of drug-likeness (QED) is 0.758. The fraction of sp³-hybridized carbons (Fsp3) is 0.429. The Hall–Kier alpha value is -0.760. The van der Waals surface area contributed by atoms with Crippen LogP contribution in [-0.4, -0.2) is 11.3 Å². The van der Waals surface area contributed by atoms with Gasteiger partial charge >= 0.3 is 12.4 Å². The molecule has 86 valence electrons. The predicted octanol–water partition coefficient (Wildman–Crippen LogP) is 3.36. The van der Waals surface area contributed by atoms with E-state index in [1.54, 1.807) is 0 Å². The van der Waals surface area contributed by atoms with Gasteiger partial charge < -0.3 is 5.11 Å². The Kier molecular flexibility index (Phi) is 3.01. The third-order valence-electron chi connectivity index (χ3n) is 1.49. The van der Waals surface area contributed by atoms with Crippen molar-refractivity contribution in [1.82, 2.24) is 0 Å². The van der Waals surface area contributed by atoms with Crippen molar-refractivity contribution in [3.63, 3.8) is 0 Å². The number of hydrogen-bond acceptors (Lipinski definition) is 2. The van der Waals surface area contributed by atoms with E-state index in [1.165, 1.54) is 0 Å². The number of hydrogen-bond donors (Lipinski definition) is 1. The zero-order chi connectivity index (χ0) is 11.9. The van der Waals surface area contributed by atoms with E-state index in [0.717, 1.165) is 0 Å². The molecule has 0 saturated heterocycles. The van der Waals surface area contributed by atoms with Crippen molar-refractivity contribution in [2.75, 3.05) is 0 Å². The summed E-state index contributed by atoms with van der Waals surface area (Å²) in [5, 5.41) is 8.65. The Morgan fingerprint density at radius 1 is 1.07 bits per heavy atom. The van der Waals surface area contributed by atoms with E-state index in [2.05, 4.69) is 0 Å². The normalized spacial score (nSPS) is 15.4. The van der Waals surface area contributed by atoms with Crippen molar-refractivity contribution in [2.45, 2.75) is 18.5 Å². The molecule has 0 fully saturated rings. The van der Waals surface area contributed by atoms with Crippen molar-refractivity contribution in [1.29, 1.82) is 0 Å². The first-order chi connectivity index (χ1) is 6.62. The summed E-state index contributed by atoms with van der Waals surface area (Å²) in [6, 6.07) is 1.13. The van der Waals surface area contributed by atoms with Crippen LogP contribution in [0.3, 0.4) is 0 Å². The summed E-state index contributed by atoms with van der Waals surface area (Å²) in [5.41, 5.74) is 0. The second kappa shape index (κ2) is 3.67. The molecule has 0 saturated carbocycles. The Balaban J connectivity index is 2.95. The predicted molar refractivity (Wildman–Crippen MR) is 40.3 cm³/mol. The highest BCUT2D eigenvalue weighted by Gasteiger charge is 2.42. The molecule has 0 amide bonds. The lowest BCUT2D eigenvalue weighted by atomic mass is 10.3. The average Bonchev–Trinajstić information content (AvgIpc) is 2.47. The largest absolute Gasteiger partial charge is 0.425 e. The summed E-state index contributed by atoms with van der Waals surface area (Å²) in [6.45, 7) is 0. The Labute approximate surface area is 84.0 Å². The monoisotopic (exact) mass is 250 g/mol. The number of aliphatic hydroxyl groups excluding tert-OH is 1. The van der Waals surface area contributed by atoms with E-state index < -0.39 is 28.2 Å². The van der Waals surface area contributed by atoms with Crippen LogP contribution in [0, 0.1) is 0 Å². The third-order valence-corrected chi connectivity index (χ3v) is 2.67. The highest BCUT2D eigenvalue weighted by atomic mass is 32.1. The molecule has 1 nitrogen and oxygen atoms in total. The molecular formula is C7H4F6OS. The first kappa shape index (κ1) is 12.3. The molecule has 0 aliphatic carbocycles. The van der Waals surface area contributed by atoms with Crippen LogP contribution >= 0.6 is 11.3 Å². The van der Waals surface area contributed by atoms with Crippen LogP contribution in [0.15, 0.2) is 12.1 Å². The fourth-order valence-electron chi connectivity index (χ4n) is 0.813. The van der Waals surface area contributed by atoms with Crippen LogP contribution in [-0.2, 0) is 6.18 Å². The van der Waals surface area contributed by atoms with E-state index in [0.29, 0.717) is 12.1 Å². The summed E-state index contributed by atoms with van der Waals surface area (Å²) in [4.78, 5) is -1.93. The first-order valence-electron chi connectivity index (χ1n) is 3.54. The molecule has 1 rings (SSSR count). The molecule has 0 aliphatic heterocycles. The van der Waals surface area contributed by atoms with E-state index in [4.69, 9.17) is 5.11 Å². The zero-order valence-electron chi connectivity index (χ0n) is 6.86. The molecular weight excluding hydrogens is 246 g/mol. The molecule has 15 heavy (non-hydrogen) atoms. The van der Waals surface area contributed by atoms with Gasteiger partial charge in [-0.2, -0.15) is 26.3 Å². The van der Waals surface area contributed by atoms with Crippen LogP contribution in [0.25, 0.3) is 0 Å². The second-order valence-electron chi connectivity index (χ2n) is 2.64. The van der Waals surface area contributed by atoms with Gasteiger partial charge in [-0.1, -0.05) is 0 Å². The van der Waals surface area contributed by atoms with Crippen LogP contribution in [0.4, 0.5) is 26.3 Å². The standard InChI is InChI=1S/C7H4F6OS/c8-6(9,10)4-2-1-3(15-4)5(14)7(11,12)13/h1-2,5,14H/t5-/m1/s1. The van der Waals surface area contributed by atoms with Gasteiger partial charge in [0, 0.05) is 4.88 Å². The summed E-state index contributed by atoms with van der Waals surface area (Å²) < 4.78 is 71.8. The lowest BCUT2D eigenvalue weighted by Crippen LogP contribution is -2.19. The molecule has 0 aromatic carbocycles. The van der Waals surface area contributed by atoms with Gasteiger partial charge in [0.2, 0.25) is 0 Å². The smallest absolute Gasteiger partial charge is 0.379 e. The van der Waals surface area contributed by atoms with Crippen LogP contribution in [0.2, 0.25) is 0 Å². The molecule has 0 spiro atoms. The lowest BCUT2D eigenvalue weighted by molar-refractivity contribution is -0.205. The Bertz CT molecular complexity index is 338. The maximum Gasteiger partial charge on any atom is 0.425 e. The summed E-state index contributed by atoms with van der Waals surface area (Å²) in [6.07, 6.45) is -12.5. The minimum absolute atomic E-state index is 0.120. The minimum Gasteiger partial charge on any atom is -0.379 e. The van der Waals surface area contributed by atoms with Crippen molar-refractivity contribution in [3.05, 3.63) is 21.9 Å². The van der Waals surface area contributed by atoms with Gasteiger partial charge in [0.05, 0.1) is 0 Å². The van der Waals surface area contributed by atoms with Gasteiger partial charge in [-0.3, -0.25) is 0 Å². The van der Waals surface area contributed by atoms with Crippen LogP contribution in [0.1, 0.15) is 15.9 Å². The summed E-state index contributed by atoms with van der Waals surface area (Å²) >= 11 is -0.120. The number of aliphatic hydroxyl groups is 1. The van der Waals surface area contributed by atoms with Gasteiger partial charge in [-0.15, -0.1) is 11.3 Å².